The zero-order chi connectivity index (χ0) is 27.9. The maximum atomic E-state index is 14.2. The molecule has 9 nitrogen and oxygen atoms in total. The van der Waals surface area contributed by atoms with Gasteiger partial charge in [0.2, 0.25) is 0 Å². The average Bonchev–Trinajstić information content (AvgIpc) is 3.14. The van der Waals surface area contributed by atoms with Gasteiger partial charge in [-0.3, -0.25) is 14.4 Å². The van der Waals surface area contributed by atoms with Crippen molar-refractivity contribution in [2.75, 3.05) is 32.0 Å². The summed E-state index contributed by atoms with van der Waals surface area (Å²) >= 11 is 0. The highest BCUT2D eigenvalue weighted by molar-refractivity contribution is 7.83. The summed E-state index contributed by atoms with van der Waals surface area (Å²) in [6.07, 6.45) is 2.16. The van der Waals surface area contributed by atoms with Crippen LogP contribution in [0.5, 0.6) is 0 Å². The van der Waals surface area contributed by atoms with Gasteiger partial charge in [0.05, 0.1) is 0 Å². The molecule has 1 aromatic carbocycles. The number of likely N-dealkylation sites (N-methyl/N-ethyl adjacent to an activating group) is 1. The fourth-order valence-corrected chi connectivity index (χ4v) is 5.16. The first-order chi connectivity index (χ1) is 17.4. The largest absolute Gasteiger partial charge is 0.388 e. The molecular formula is C24H32F3N5O4S. The number of halogens is 3. The van der Waals surface area contributed by atoms with Crippen molar-refractivity contribution in [2.45, 2.75) is 38.1 Å². The Morgan fingerprint density at radius 1 is 1.22 bits per heavy atom. The van der Waals surface area contributed by atoms with Crippen LogP contribution in [0.15, 0.2) is 29.3 Å². The number of carbonyl (C=O) groups excluding carboxylic acids is 3. The van der Waals surface area contributed by atoms with E-state index in [0.717, 1.165) is 12.1 Å². The summed E-state index contributed by atoms with van der Waals surface area (Å²) in [5, 5.41) is 5.18. The summed E-state index contributed by atoms with van der Waals surface area (Å²) in [5.41, 5.74) is -0.0879. The van der Waals surface area contributed by atoms with E-state index in [-0.39, 0.29) is 16.6 Å². The fourth-order valence-electron chi connectivity index (χ4n) is 3.82. The number of piperidine rings is 1. The van der Waals surface area contributed by atoms with Gasteiger partial charge < -0.3 is 20.1 Å². The van der Waals surface area contributed by atoms with Crippen molar-refractivity contribution in [1.29, 1.82) is 0 Å². The van der Waals surface area contributed by atoms with Gasteiger partial charge in [0.15, 0.2) is 23.7 Å². The molecule has 2 unspecified atom stereocenters. The number of hydrogen-bond donors (Lipinski definition) is 3. The molecule has 1 saturated heterocycles. The van der Waals surface area contributed by atoms with Gasteiger partial charge >= 0.3 is 11.8 Å². The van der Waals surface area contributed by atoms with Gasteiger partial charge in [-0.1, -0.05) is 13.8 Å². The molecule has 0 spiro atoms. The molecular weight excluding hydrogens is 511 g/mol. The topological polar surface area (TPSA) is 113 Å². The van der Waals surface area contributed by atoms with E-state index in [4.69, 9.17) is 0 Å². The molecule has 2 aromatic rings. The zero-order valence-electron chi connectivity index (χ0n) is 21.4. The van der Waals surface area contributed by atoms with Crippen molar-refractivity contribution < 1.29 is 31.8 Å². The maximum Gasteiger partial charge on any atom is 0.311 e. The van der Waals surface area contributed by atoms with Crippen molar-refractivity contribution >= 4 is 34.8 Å². The molecule has 1 aliphatic heterocycles. The van der Waals surface area contributed by atoms with Gasteiger partial charge in [0, 0.05) is 51.7 Å². The summed E-state index contributed by atoms with van der Waals surface area (Å²) in [5.74, 6) is -3.68. The number of hydrogen-bond acceptors (Lipinski definition) is 5. The molecule has 2 amide bonds. The Bertz CT molecular complexity index is 1170. The van der Waals surface area contributed by atoms with E-state index in [0.29, 0.717) is 38.0 Å². The van der Waals surface area contributed by atoms with Crippen LogP contribution in [-0.2, 0) is 27.6 Å². The second-order valence-corrected chi connectivity index (χ2v) is 10.3. The summed E-state index contributed by atoms with van der Waals surface area (Å²) in [6.45, 7) is 6.50. The Kier molecular flexibility index (Phi) is 10.4. The van der Waals surface area contributed by atoms with E-state index < -0.39 is 45.7 Å². The number of nitrogens with one attached hydrogen (secondary N) is 3. The molecule has 37 heavy (non-hydrogen) atoms. The third kappa shape index (κ3) is 7.41. The van der Waals surface area contributed by atoms with Crippen molar-refractivity contribution in [3.8, 4) is 0 Å². The quantitative estimate of drug-likeness (QED) is 0.383. The van der Waals surface area contributed by atoms with Crippen LogP contribution in [0, 0.1) is 22.9 Å². The number of nitrogens with zero attached hydrogens (tertiary/aromatic N) is 2. The molecule has 1 fully saturated rings. The van der Waals surface area contributed by atoms with Gasteiger partial charge in [0.1, 0.15) is 21.6 Å². The number of likely N-dealkylation sites (tertiary alicyclic amines) is 1. The van der Waals surface area contributed by atoms with Gasteiger partial charge in [-0.2, -0.15) is 0 Å². The minimum Gasteiger partial charge on any atom is -0.388 e. The van der Waals surface area contributed by atoms with Crippen LogP contribution >= 0.6 is 0 Å². The lowest BCUT2D eigenvalue weighted by Gasteiger charge is -2.43. The number of aromatic nitrogens is 1. The fraction of sp³-hybridized carbons (Fsp3) is 0.458. The Hall–Kier alpha value is -3.19. The molecule has 3 N–H and O–H groups in total. The van der Waals surface area contributed by atoms with Gasteiger partial charge in [-0.05, 0) is 37.0 Å². The third-order valence-electron chi connectivity index (χ3n) is 5.95. The maximum absolute atomic E-state index is 14.2. The first-order valence-corrected chi connectivity index (χ1v) is 12.7. The molecule has 0 saturated carbocycles. The number of aldehydes is 1. The molecule has 1 aromatic heterocycles. The smallest absolute Gasteiger partial charge is 0.311 e. The van der Waals surface area contributed by atoms with Crippen LogP contribution in [0.25, 0.3) is 0 Å². The lowest BCUT2D eigenvalue weighted by Crippen LogP contribution is -2.58. The number of carbonyl (C=O) groups is 3. The number of benzene rings is 1. The minimum atomic E-state index is -1.85. The number of rotatable bonds is 6. The van der Waals surface area contributed by atoms with Crippen LogP contribution in [0.4, 0.5) is 18.9 Å². The van der Waals surface area contributed by atoms with Crippen LogP contribution in [0.1, 0.15) is 37.7 Å². The van der Waals surface area contributed by atoms with Crippen LogP contribution in [0.2, 0.25) is 0 Å². The van der Waals surface area contributed by atoms with E-state index in [1.54, 1.807) is 14.0 Å². The van der Waals surface area contributed by atoms with Crippen molar-refractivity contribution in [3.05, 3.63) is 47.5 Å². The highest BCUT2D eigenvalue weighted by atomic mass is 32.2. The van der Waals surface area contributed by atoms with Gasteiger partial charge in [-0.15, -0.1) is 0 Å². The van der Waals surface area contributed by atoms with Gasteiger partial charge in [-0.25, -0.2) is 22.1 Å². The number of anilines is 1. The molecule has 204 valence electrons. The predicted octanol–water partition coefficient (Wildman–Crippen LogP) is 2.36. The summed E-state index contributed by atoms with van der Waals surface area (Å²) in [4.78, 5) is 36.3. The Morgan fingerprint density at radius 2 is 1.89 bits per heavy atom. The van der Waals surface area contributed by atoms with Gasteiger partial charge in [0.25, 0.3) is 0 Å². The molecule has 3 rings (SSSR count). The minimum absolute atomic E-state index is 0.0868. The highest BCUT2D eigenvalue weighted by Gasteiger charge is 2.40. The Labute approximate surface area is 216 Å². The Balaban J connectivity index is 0.000000402. The van der Waals surface area contributed by atoms with E-state index in [9.17, 15) is 31.8 Å². The van der Waals surface area contributed by atoms with E-state index >= 15 is 0 Å². The van der Waals surface area contributed by atoms with E-state index in [2.05, 4.69) is 15.4 Å². The summed E-state index contributed by atoms with van der Waals surface area (Å²) in [7, 11) is 1.30. The predicted molar refractivity (Wildman–Crippen MR) is 134 cm³/mol. The van der Waals surface area contributed by atoms with E-state index in [1.165, 1.54) is 28.8 Å². The second-order valence-electron chi connectivity index (χ2n) is 9.10. The first kappa shape index (κ1) is 30.0. The lowest BCUT2D eigenvalue weighted by molar-refractivity contribution is -0.148. The first-order valence-electron chi connectivity index (χ1n) is 11.5. The van der Waals surface area contributed by atoms with Crippen molar-refractivity contribution in [1.82, 2.24) is 19.5 Å². The molecule has 1 aliphatic rings. The van der Waals surface area contributed by atoms with Crippen LogP contribution in [0.3, 0.4) is 0 Å². The lowest BCUT2D eigenvalue weighted by atomic mass is 9.79. The normalized spacial score (nSPS) is 17.3. The standard InChI is InChI=1S/C17H25FN4O4S.C7H7F2N/c1-5-19-15(24)16(25)22-7-6-13(17(2,3)10-22)20-27(26)12-8-21(4)11(9-23)14(12)18;1-10-5-2-3-6(8)7(9)4-5/h8-9,13,20H,5-7,10H2,1-4H3,(H,19,24);2-4,10H,1H3. The SMILES string of the molecule is CCNC(=O)C(=O)N1CCC(NS(=O)c2cn(C)c(C=O)c2F)C(C)(C)C1.CNc1ccc(F)c(F)c1. The molecule has 2 atom stereocenters. The van der Waals surface area contributed by atoms with E-state index in [1.807, 2.05) is 13.8 Å². The molecule has 2 heterocycles. The Morgan fingerprint density at radius 3 is 2.41 bits per heavy atom. The number of aryl methyl sites for hydroxylation is 1. The molecule has 13 heteroatoms. The highest BCUT2D eigenvalue weighted by Crippen LogP contribution is 2.30. The monoisotopic (exact) mass is 543 g/mol. The average molecular weight is 544 g/mol. The summed E-state index contributed by atoms with van der Waals surface area (Å²) < 4.78 is 55.6. The van der Waals surface area contributed by atoms with Crippen molar-refractivity contribution in [3.63, 3.8) is 0 Å². The van der Waals surface area contributed by atoms with Crippen LogP contribution in [-0.4, -0.2) is 64.5 Å². The number of amides is 2. The van der Waals surface area contributed by atoms with Crippen LogP contribution < -0.4 is 15.4 Å². The molecule has 0 bridgehead atoms. The molecule has 0 radical (unpaired) electrons. The summed E-state index contributed by atoms with van der Waals surface area (Å²) in [6, 6.07) is 3.39. The zero-order valence-corrected chi connectivity index (χ0v) is 22.2. The second kappa shape index (κ2) is 12.9. The molecule has 0 aliphatic carbocycles. The third-order valence-corrected chi connectivity index (χ3v) is 7.13. The van der Waals surface area contributed by atoms with Crippen molar-refractivity contribution in [2.24, 2.45) is 12.5 Å².